The van der Waals surface area contributed by atoms with E-state index in [9.17, 15) is 9.59 Å². The zero-order valence-corrected chi connectivity index (χ0v) is 10.1. The van der Waals surface area contributed by atoms with Crippen LogP contribution < -0.4 is 10.6 Å². The summed E-state index contributed by atoms with van der Waals surface area (Å²) >= 11 is 0. The quantitative estimate of drug-likeness (QED) is 0.715. The first-order valence-electron chi connectivity index (χ1n) is 5.73. The summed E-state index contributed by atoms with van der Waals surface area (Å²) in [5, 5.41) is 14.6. The van der Waals surface area contributed by atoms with Gasteiger partial charge in [-0.05, 0) is 25.0 Å². The zero-order chi connectivity index (χ0) is 13.2. The van der Waals surface area contributed by atoms with Crippen molar-refractivity contribution in [2.45, 2.75) is 12.8 Å². The van der Waals surface area contributed by atoms with E-state index in [1.807, 2.05) is 0 Å². The third kappa shape index (κ3) is 2.42. The molecule has 0 aliphatic heterocycles. The molecule has 1 saturated carbocycles. The molecular weight excluding hydrogens is 234 g/mol. The van der Waals surface area contributed by atoms with E-state index in [1.54, 1.807) is 12.1 Å². The molecule has 1 aliphatic rings. The lowest BCUT2D eigenvalue weighted by molar-refractivity contribution is -0.142. The molecule has 2 rings (SSSR count). The molecular formula is C12H15N3O3. The Balaban J connectivity index is 2.02. The van der Waals surface area contributed by atoms with Gasteiger partial charge >= 0.3 is 5.97 Å². The highest BCUT2D eigenvalue weighted by Crippen LogP contribution is 2.45. The first-order chi connectivity index (χ1) is 8.57. The fraction of sp³-hybridized carbons (Fsp3) is 0.417. The Labute approximate surface area is 104 Å². The molecule has 3 N–H and O–H groups in total. The van der Waals surface area contributed by atoms with E-state index in [-0.39, 0.29) is 5.91 Å². The standard InChI is InChI=1S/C12H15N3O3/c1-13-10(16)9-6-8(2-5-14-9)15-7-12(3-4-12)11(17)18/h2,5-6H,3-4,7H2,1H3,(H,13,16)(H,14,15)(H,17,18). The summed E-state index contributed by atoms with van der Waals surface area (Å²) in [5.41, 5.74) is 0.384. The van der Waals surface area contributed by atoms with Crippen molar-refractivity contribution in [3.63, 3.8) is 0 Å². The van der Waals surface area contributed by atoms with Gasteiger partial charge in [-0.25, -0.2) is 0 Å². The number of anilines is 1. The molecule has 0 saturated heterocycles. The molecule has 96 valence electrons. The molecule has 1 aliphatic carbocycles. The summed E-state index contributed by atoms with van der Waals surface area (Å²) in [7, 11) is 1.54. The van der Waals surface area contributed by atoms with Crippen LogP contribution in [0.25, 0.3) is 0 Å². The second-order valence-electron chi connectivity index (χ2n) is 4.45. The topological polar surface area (TPSA) is 91.3 Å². The smallest absolute Gasteiger partial charge is 0.311 e. The molecule has 6 heteroatoms. The van der Waals surface area contributed by atoms with Crippen LogP contribution in [0.5, 0.6) is 0 Å². The summed E-state index contributed by atoms with van der Waals surface area (Å²) in [5.74, 6) is -1.03. The second kappa shape index (κ2) is 4.64. The van der Waals surface area contributed by atoms with Crippen LogP contribution in [0.2, 0.25) is 0 Å². The molecule has 0 unspecified atom stereocenters. The van der Waals surface area contributed by atoms with Crippen LogP contribution in [0.1, 0.15) is 23.3 Å². The van der Waals surface area contributed by atoms with Gasteiger partial charge in [0.2, 0.25) is 0 Å². The van der Waals surface area contributed by atoms with E-state index in [1.165, 1.54) is 13.2 Å². The van der Waals surface area contributed by atoms with E-state index in [0.717, 1.165) is 0 Å². The van der Waals surface area contributed by atoms with Crippen molar-refractivity contribution in [1.82, 2.24) is 10.3 Å². The number of carboxylic acid groups (broad SMARTS) is 1. The molecule has 0 bridgehead atoms. The number of nitrogens with zero attached hydrogens (tertiary/aromatic N) is 1. The molecule has 1 fully saturated rings. The predicted molar refractivity (Wildman–Crippen MR) is 65.4 cm³/mol. The van der Waals surface area contributed by atoms with Crippen LogP contribution in [0.3, 0.4) is 0 Å². The van der Waals surface area contributed by atoms with Crippen molar-refractivity contribution in [1.29, 1.82) is 0 Å². The van der Waals surface area contributed by atoms with Gasteiger partial charge < -0.3 is 15.7 Å². The molecule has 0 atom stereocenters. The fourth-order valence-corrected chi connectivity index (χ4v) is 1.68. The molecule has 1 amide bonds. The normalized spacial score (nSPS) is 15.8. The van der Waals surface area contributed by atoms with Crippen LogP contribution >= 0.6 is 0 Å². The van der Waals surface area contributed by atoms with Gasteiger partial charge in [0.05, 0.1) is 5.41 Å². The van der Waals surface area contributed by atoms with E-state index < -0.39 is 11.4 Å². The molecule has 1 aromatic heterocycles. The number of pyridine rings is 1. The minimum Gasteiger partial charge on any atom is -0.481 e. The predicted octanol–water partition coefficient (Wildman–Crippen LogP) is 0.718. The average Bonchev–Trinajstić information content (AvgIpc) is 3.17. The molecule has 18 heavy (non-hydrogen) atoms. The summed E-state index contributed by atoms with van der Waals surface area (Å²) in [6.45, 7) is 0.375. The van der Waals surface area contributed by atoms with Crippen LogP contribution in [0.4, 0.5) is 5.69 Å². The van der Waals surface area contributed by atoms with Gasteiger partial charge in [-0.3, -0.25) is 14.6 Å². The summed E-state index contributed by atoms with van der Waals surface area (Å²) in [4.78, 5) is 26.3. The molecule has 0 aromatic carbocycles. The molecule has 6 nitrogen and oxygen atoms in total. The number of carbonyl (C=O) groups excluding carboxylic acids is 1. The van der Waals surface area contributed by atoms with Gasteiger partial charge in [-0.1, -0.05) is 0 Å². The molecule has 0 radical (unpaired) electrons. The number of amides is 1. The Hall–Kier alpha value is -2.11. The van der Waals surface area contributed by atoms with Crippen molar-refractivity contribution in [2.75, 3.05) is 18.9 Å². The van der Waals surface area contributed by atoms with Crippen molar-refractivity contribution >= 4 is 17.6 Å². The van der Waals surface area contributed by atoms with Crippen LogP contribution in [0, 0.1) is 5.41 Å². The lowest BCUT2D eigenvalue weighted by Gasteiger charge is -2.12. The fourth-order valence-electron chi connectivity index (χ4n) is 1.68. The number of hydrogen-bond acceptors (Lipinski definition) is 4. The van der Waals surface area contributed by atoms with Crippen LogP contribution in [0.15, 0.2) is 18.3 Å². The Morgan fingerprint density at radius 1 is 1.50 bits per heavy atom. The van der Waals surface area contributed by atoms with Crippen molar-refractivity contribution < 1.29 is 14.7 Å². The van der Waals surface area contributed by atoms with Gasteiger partial charge in [-0.15, -0.1) is 0 Å². The third-order valence-corrected chi connectivity index (χ3v) is 3.16. The number of nitrogens with one attached hydrogen (secondary N) is 2. The third-order valence-electron chi connectivity index (χ3n) is 3.16. The van der Waals surface area contributed by atoms with E-state index >= 15 is 0 Å². The molecule has 1 aromatic rings. The van der Waals surface area contributed by atoms with Gasteiger partial charge in [0, 0.05) is 25.5 Å². The Morgan fingerprint density at radius 2 is 2.22 bits per heavy atom. The van der Waals surface area contributed by atoms with Gasteiger partial charge in [0.25, 0.3) is 5.91 Å². The lowest BCUT2D eigenvalue weighted by Crippen LogP contribution is -2.24. The highest BCUT2D eigenvalue weighted by atomic mass is 16.4. The Kier molecular flexibility index (Phi) is 3.18. The first kappa shape index (κ1) is 12.3. The summed E-state index contributed by atoms with van der Waals surface area (Å²) in [6.07, 6.45) is 2.92. The minimum atomic E-state index is -0.768. The second-order valence-corrected chi connectivity index (χ2v) is 4.45. The number of hydrogen-bond donors (Lipinski definition) is 3. The highest BCUT2D eigenvalue weighted by Gasteiger charge is 2.49. The highest BCUT2D eigenvalue weighted by molar-refractivity contribution is 5.92. The monoisotopic (exact) mass is 249 g/mol. The number of carboxylic acids is 1. The summed E-state index contributed by atoms with van der Waals surface area (Å²) in [6, 6.07) is 3.32. The average molecular weight is 249 g/mol. The van der Waals surface area contributed by atoms with Crippen molar-refractivity contribution in [3.05, 3.63) is 24.0 Å². The Morgan fingerprint density at radius 3 is 2.78 bits per heavy atom. The van der Waals surface area contributed by atoms with E-state index in [2.05, 4.69) is 15.6 Å². The largest absolute Gasteiger partial charge is 0.481 e. The number of rotatable bonds is 5. The molecule has 1 heterocycles. The van der Waals surface area contributed by atoms with Crippen LogP contribution in [-0.2, 0) is 4.79 Å². The van der Waals surface area contributed by atoms with Gasteiger partial charge in [0.15, 0.2) is 0 Å². The number of carbonyl (C=O) groups is 2. The van der Waals surface area contributed by atoms with Gasteiger partial charge in [-0.2, -0.15) is 0 Å². The minimum absolute atomic E-state index is 0.266. The number of aromatic nitrogens is 1. The zero-order valence-electron chi connectivity index (χ0n) is 10.1. The number of aliphatic carboxylic acids is 1. The van der Waals surface area contributed by atoms with Crippen LogP contribution in [-0.4, -0.2) is 35.6 Å². The van der Waals surface area contributed by atoms with E-state index in [4.69, 9.17) is 5.11 Å². The molecule has 0 spiro atoms. The van der Waals surface area contributed by atoms with Gasteiger partial charge in [0.1, 0.15) is 5.69 Å². The van der Waals surface area contributed by atoms with Crippen molar-refractivity contribution in [3.8, 4) is 0 Å². The maximum atomic E-state index is 11.4. The first-order valence-corrected chi connectivity index (χ1v) is 5.73. The lowest BCUT2D eigenvalue weighted by atomic mass is 10.1. The maximum Gasteiger partial charge on any atom is 0.311 e. The van der Waals surface area contributed by atoms with E-state index in [0.29, 0.717) is 30.8 Å². The maximum absolute atomic E-state index is 11.4. The Bertz CT molecular complexity index is 483. The van der Waals surface area contributed by atoms with Crippen molar-refractivity contribution in [2.24, 2.45) is 5.41 Å². The summed E-state index contributed by atoms with van der Waals surface area (Å²) < 4.78 is 0. The SMILES string of the molecule is CNC(=O)c1cc(NCC2(C(=O)O)CC2)ccn1.